The Balaban J connectivity index is 0.844. The maximum atomic E-state index is 6.91. The molecule has 16 rings (SSSR count). The summed E-state index contributed by atoms with van der Waals surface area (Å²) < 4.78 is 19.8. The number of para-hydroxylation sites is 4. The molecule has 348 valence electrons. The summed E-state index contributed by atoms with van der Waals surface area (Å²) in [6.45, 7) is 14.4. The van der Waals surface area contributed by atoms with Crippen molar-refractivity contribution in [2.24, 2.45) is 0 Å². The van der Waals surface area contributed by atoms with Crippen molar-refractivity contribution in [1.82, 2.24) is 0 Å². The van der Waals surface area contributed by atoms with Crippen LogP contribution in [0.2, 0.25) is 0 Å². The van der Waals surface area contributed by atoms with Gasteiger partial charge in [0.2, 0.25) is 0 Å². The zero-order valence-corrected chi connectivity index (χ0v) is 41.6. The lowest BCUT2D eigenvalue weighted by Crippen LogP contribution is -2.18. The van der Waals surface area contributed by atoms with Crippen molar-refractivity contribution < 1.29 is 13.3 Å². The second-order valence-electron chi connectivity index (χ2n) is 22.4. The molecule has 13 aromatic rings. The Bertz CT molecular complexity index is 4590. The fourth-order valence-corrected chi connectivity index (χ4v) is 13.8. The Hall–Kier alpha value is -8.60. The quantitative estimate of drug-likeness (QED) is 0.176. The van der Waals surface area contributed by atoms with E-state index in [4.69, 9.17) is 13.3 Å². The lowest BCUT2D eigenvalue weighted by Gasteiger charge is -2.29. The Labute approximate surface area is 422 Å². The first-order valence-electron chi connectivity index (χ1n) is 25.6. The third-order valence-electron chi connectivity index (χ3n) is 17.4. The summed E-state index contributed by atoms with van der Waals surface area (Å²) in [5, 5.41) is 6.93. The third kappa shape index (κ3) is 5.30. The van der Waals surface area contributed by atoms with Gasteiger partial charge < -0.3 is 18.2 Å². The zero-order chi connectivity index (χ0) is 48.9. The summed E-state index contributed by atoms with van der Waals surface area (Å²) >= 11 is 0. The van der Waals surface area contributed by atoms with E-state index in [0.29, 0.717) is 0 Å². The molecule has 0 atom stereocenters. The van der Waals surface area contributed by atoms with Crippen LogP contribution < -0.4 is 4.90 Å². The lowest BCUT2D eigenvalue weighted by atomic mass is 9.79. The second kappa shape index (κ2) is 13.9. The van der Waals surface area contributed by atoms with Gasteiger partial charge in [-0.15, -0.1) is 0 Å². The molecule has 3 aromatic heterocycles. The van der Waals surface area contributed by atoms with E-state index in [2.05, 4.69) is 222 Å². The third-order valence-corrected chi connectivity index (χ3v) is 17.4. The van der Waals surface area contributed by atoms with E-state index in [0.717, 1.165) is 83.2 Å². The maximum absolute atomic E-state index is 6.91. The molecule has 10 aromatic carbocycles. The van der Waals surface area contributed by atoms with Crippen LogP contribution >= 0.6 is 0 Å². The minimum Gasteiger partial charge on any atom is -0.456 e. The summed E-state index contributed by atoms with van der Waals surface area (Å²) in [6.07, 6.45) is 0. The van der Waals surface area contributed by atoms with Gasteiger partial charge in [-0.05, 0) is 163 Å². The van der Waals surface area contributed by atoms with Gasteiger partial charge in [-0.2, -0.15) is 0 Å². The summed E-state index contributed by atoms with van der Waals surface area (Å²) in [4.78, 5) is 2.45. The fraction of sp³-hybridized carbons (Fsp3) is 0.130. The van der Waals surface area contributed by atoms with E-state index in [-0.39, 0.29) is 16.2 Å². The van der Waals surface area contributed by atoms with Crippen molar-refractivity contribution >= 4 is 82.9 Å². The SMILES string of the molecule is CC1(C)c2cc(N(c3ccccc3)c3ccc4c(c3)C(C)(C)c3cc(-c5ccc6c(c5)oc5ccccc56)c5oc6ccccc6c5c3-4)ccc2-c2cc3c(cc21)-c1c(ccc2oc4ccccc4c12)C3(C)C. The normalized spacial score (nSPS) is 15.3. The molecule has 0 radical (unpaired) electrons. The minimum absolute atomic E-state index is 0.175. The molecule has 0 bridgehead atoms. The van der Waals surface area contributed by atoms with E-state index in [9.17, 15) is 0 Å². The van der Waals surface area contributed by atoms with Gasteiger partial charge in [0.1, 0.15) is 33.5 Å². The monoisotopic (exact) mass is 939 g/mol. The van der Waals surface area contributed by atoms with Crippen LogP contribution in [0.25, 0.3) is 110 Å². The van der Waals surface area contributed by atoms with Crippen LogP contribution in [0.1, 0.15) is 74.9 Å². The number of benzene rings is 10. The van der Waals surface area contributed by atoms with Crippen LogP contribution in [0.5, 0.6) is 0 Å². The molecule has 3 heterocycles. The average molecular weight is 940 g/mol. The number of hydrogen-bond donors (Lipinski definition) is 0. The molecule has 0 aliphatic heterocycles. The van der Waals surface area contributed by atoms with Gasteiger partial charge in [0.25, 0.3) is 0 Å². The first kappa shape index (κ1) is 41.1. The van der Waals surface area contributed by atoms with Gasteiger partial charge in [-0.1, -0.05) is 139 Å². The lowest BCUT2D eigenvalue weighted by molar-refractivity contribution is 0.651. The molecular weight excluding hydrogens is 891 g/mol. The molecule has 3 aliphatic carbocycles. The van der Waals surface area contributed by atoms with Gasteiger partial charge in [0.05, 0.1) is 0 Å². The molecule has 4 nitrogen and oxygen atoms in total. The minimum atomic E-state index is -0.337. The van der Waals surface area contributed by atoms with Crippen LogP contribution in [0, 0.1) is 0 Å². The number of rotatable bonds is 4. The van der Waals surface area contributed by atoms with Gasteiger partial charge in [-0.25, -0.2) is 0 Å². The molecule has 0 saturated carbocycles. The molecule has 0 spiro atoms. The molecule has 73 heavy (non-hydrogen) atoms. The van der Waals surface area contributed by atoms with Gasteiger partial charge in [0, 0.05) is 71.2 Å². The van der Waals surface area contributed by atoms with Gasteiger partial charge in [-0.3, -0.25) is 0 Å². The van der Waals surface area contributed by atoms with Crippen molar-refractivity contribution in [1.29, 1.82) is 0 Å². The Morgan fingerprint density at radius 2 is 0.822 bits per heavy atom. The van der Waals surface area contributed by atoms with Crippen molar-refractivity contribution in [3.8, 4) is 44.5 Å². The Kier molecular flexibility index (Phi) is 7.80. The van der Waals surface area contributed by atoms with E-state index in [1.807, 2.05) is 12.1 Å². The number of fused-ring (bicyclic) bond motifs is 20. The molecule has 0 saturated heterocycles. The number of anilines is 3. The number of nitrogens with zero attached hydrogens (tertiary/aromatic N) is 1. The Morgan fingerprint density at radius 3 is 1.58 bits per heavy atom. The van der Waals surface area contributed by atoms with E-state index in [1.54, 1.807) is 0 Å². The summed E-state index contributed by atoms with van der Waals surface area (Å²) in [5.41, 5.74) is 26.0. The molecule has 0 unspecified atom stereocenters. The van der Waals surface area contributed by atoms with E-state index < -0.39 is 0 Å². The van der Waals surface area contributed by atoms with Crippen molar-refractivity contribution in [2.45, 2.75) is 57.8 Å². The van der Waals surface area contributed by atoms with Crippen molar-refractivity contribution in [3.05, 3.63) is 221 Å². The molecule has 3 aliphatic rings. The van der Waals surface area contributed by atoms with Crippen LogP contribution in [0.4, 0.5) is 17.1 Å². The molecule has 0 N–H and O–H groups in total. The molecule has 0 amide bonds. The topological polar surface area (TPSA) is 42.7 Å². The number of furan rings is 3. The molecule has 4 heteroatoms. The van der Waals surface area contributed by atoms with Crippen LogP contribution in [-0.2, 0) is 16.2 Å². The van der Waals surface area contributed by atoms with E-state index >= 15 is 0 Å². The zero-order valence-electron chi connectivity index (χ0n) is 41.6. The van der Waals surface area contributed by atoms with Crippen molar-refractivity contribution in [3.63, 3.8) is 0 Å². The van der Waals surface area contributed by atoms with Crippen LogP contribution in [0.15, 0.2) is 201 Å². The highest BCUT2D eigenvalue weighted by molar-refractivity contribution is 6.20. The highest BCUT2D eigenvalue weighted by Crippen LogP contribution is 2.60. The smallest absolute Gasteiger partial charge is 0.143 e. The summed E-state index contributed by atoms with van der Waals surface area (Å²) in [7, 11) is 0. The highest BCUT2D eigenvalue weighted by atomic mass is 16.3. The van der Waals surface area contributed by atoms with Crippen LogP contribution in [-0.4, -0.2) is 0 Å². The van der Waals surface area contributed by atoms with Gasteiger partial charge in [0.15, 0.2) is 0 Å². The second-order valence-corrected chi connectivity index (χ2v) is 22.4. The highest BCUT2D eigenvalue weighted by Gasteiger charge is 2.44. The van der Waals surface area contributed by atoms with Crippen LogP contribution in [0.3, 0.4) is 0 Å². The number of hydrogen-bond acceptors (Lipinski definition) is 4. The fourth-order valence-electron chi connectivity index (χ4n) is 13.8. The predicted octanol–water partition coefficient (Wildman–Crippen LogP) is 19.4. The molecule has 0 fully saturated rings. The Morgan fingerprint density at radius 1 is 0.301 bits per heavy atom. The largest absolute Gasteiger partial charge is 0.456 e. The first-order valence-corrected chi connectivity index (χ1v) is 25.6. The standard InChI is InChI=1S/C69H49NO3/c1-67(2)51-30-31-60-64(46-19-11-14-22-58(46)71-60)63(51)50-37-54-49(36-55(50)67)42-28-25-40(33-52(42)68(54,3)4)70(39-16-8-7-9-17-39)41-26-29-45-53(34-41)69(5,6)56-35-48(66-65(62(45)56)47-20-12-15-23-59(47)73-66)38-24-27-44-43-18-10-13-21-57(43)72-61(44)32-38/h7-37H,1-6H3. The molecular formula is C69H49NO3. The maximum Gasteiger partial charge on any atom is 0.143 e. The van der Waals surface area contributed by atoms with Crippen molar-refractivity contribution in [2.75, 3.05) is 4.90 Å². The first-order chi connectivity index (χ1) is 35.4. The summed E-state index contributed by atoms with van der Waals surface area (Å²) in [5.74, 6) is 0. The average Bonchev–Trinajstić information content (AvgIpc) is 4.30. The predicted molar refractivity (Wildman–Crippen MR) is 301 cm³/mol. The summed E-state index contributed by atoms with van der Waals surface area (Å²) in [6, 6.07) is 69.0. The van der Waals surface area contributed by atoms with E-state index in [1.165, 1.54) is 77.5 Å². The van der Waals surface area contributed by atoms with Gasteiger partial charge >= 0.3 is 0 Å².